The summed E-state index contributed by atoms with van der Waals surface area (Å²) >= 11 is 0. The third-order valence-electron chi connectivity index (χ3n) is 1.16. The summed E-state index contributed by atoms with van der Waals surface area (Å²) in [6.07, 6.45) is 4.00. The largest absolute Gasteiger partial charge is 0.396 e. The van der Waals surface area contributed by atoms with Crippen LogP contribution in [0.15, 0.2) is 12.5 Å². The maximum absolute atomic E-state index is 5.51. The van der Waals surface area contributed by atoms with Crippen molar-refractivity contribution in [3.05, 3.63) is 18.2 Å². The van der Waals surface area contributed by atoms with Crippen molar-refractivity contribution in [3.8, 4) is 0 Å². The van der Waals surface area contributed by atoms with Gasteiger partial charge in [0, 0.05) is 0 Å². The van der Waals surface area contributed by atoms with Crippen molar-refractivity contribution < 1.29 is 0 Å². The van der Waals surface area contributed by atoms with Gasteiger partial charge in [-0.25, -0.2) is 9.97 Å². The first-order chi connectivity index (χ1) is 4.34. The molecule has 1 rings (SSSR count). The molecule has 0 spiro atoms. The number of hydrogen-bond acceptors (Lipinski definition) is 3. The summed E-state index contributed by atoms with van der Waals surface area (Å²) in [4.78, 5) is 7.72. The van der Waals surface area contributed by atoms with Gasteiger partial charge >= 0.3 is 0 Å². The first kappa shape index (κ1) is 6.01. The molecule has 0 aromatic carbocycles. The van der Waals surface area contributed by atoms with Crippen LogP contribution < -0.4 is 5.73 Å². The van der Waals surface area contributed by atoms with E-state index in [9.17, 15) is 0 Å². The molecule has 48 valence electrons. The third-order valence-corrected chi connectivity index (χ3v) is 1.16. The normalized spacial score (nSPS) is 9.44. The summed E-state index contributed by atoms with van der Waals surface area (Å²) in [5, 5.41) is 0. The number of hydrogen-bond donors (Lipinski definition) is 1. The van der Waals surface area contributed by atoms with Gasteiger partial charge in [-0.2, -0.15) is 0 Å². The Morgan fingerprint density at radius 3 is 2.89 bits per heavy atom. The second-order valence-electron chi connectivity index (χ2n) is 1.78. The minimum Gasteiger partial charge on any atom is -0.396 e. The summed E-state index contributed by atoms with van der Waals surface area (Å²) in [5.74, 6) is 0. The van der Waals surface area contributed by atoms with Crippen molar-refractivity contribution >= 4 is 5.69 Å². The van der Waals surface area contributed by atoms with Crippen molar-refractivity contribution in [3.63, 3.8) is 0 Å². The first-order valence-electron chi connectivity index (χ1n) is 2.89. The number of aromatic nitrogens is 2. The van der Waals surface area contributed by atoms with Crippen LogP contribution in [0.3, 0.4) is 0 Å². The lowest BCUT2D eigenvalue weighted by Gasteiger charge is -1.96. The Morgan fingerprint density at radius 1 is 1.67 bits per heavy atom. The first-order valence-corrected chi connectivity index (χ1v) is 2.89. The van der Waals surface area contributed by atoms with E-state index in [1.807, 2.05) is 6.92 Å². The van der Waals surface area contributed by atoms with Gasteiger partial charge in [0.1, 0.15) is 6.33 Å². The van der Waals surface area contributed by atoms with Gasteiger partial charge in [-0.3, -0.25) is 0 Å². The SMILES string of the molecule is CCc1ncncc1N. The van der Waals surface area contributed by atoms with Gasteiger partial charge in [-0.05, 0) is 6.42 Å². The molecule has 0 aliphatic rings. The van der Waals surface area contributed by atoms with Crippen LogP contribution in [0.5, 0.6) is 0 Å². The average Bonchev–Trinajstić information content (AvgIpc) is 1.89. The van der Waals surface area contributed by atoms with Gasteiger partial charge in [-0.1, -0.05) is 6.92 Å². The Kier molecular flexibility index (Phi) is 1.63. The molecule has 3 nitrogen and oxygen atoms in total. The molecule has 0 radical (unpaired) electrons. The fourth-order valence-corrected chi connectivity index (χ4v) is 0.661. The van der Waals surface area contributed by atoms with Crippen LogP contribution in [0, 0.1) is 0 Å². The van der Waals surface area contributed by atoms with E-state index in [-0.39, 0.29) is 0 Å². The Labute approximate surface area is 53.9 Å². The maximum Gasteiger partial charge on any atom is 0.115 e. The van der Waals surface area contributed by atoms with E-state index in [1.165, 1.54) is 6.33 Å². The minimum absolute atomic E-state index is 0.681. The van der Waals surface area contributed by atoms with E-state index in [0.29, 0.717) is 5.69 Å². The van der Waals surface area contributed by atoms with Gasteiger partial charge in [0.15, 0.2) is 0 Å². The Morgan fingerprint density at radius 2 is 2.44 bits per heavy atom. The van der Waals surface area contributed by atoms with Crippen molar-refractivity contribution in [2.45, 2.75) is 13.3 Å². The van der Waals surface area contributed by atoms with Crippen LogP contribution in [0.1, 0.15) is 12.6 Å². The molecule has 0 unspecified atom stereocenters. The standard InChI is InChI=1S/C6H9N3/c1-2-6-5(7)3-8-4-9-6/h3-4H,2,7H2,1H3. The average molecular weight is 123 g/mol. The lowest BCUT2D eigenvalue weighted by Crippen LogP contribution is -1.96. The predicted octanol–water partition coefficient (Wildman–Crippen LogP) is 0.621. The summed E-state index contributed by atoms with van der Waals surface area (Å²) in [6, 6.07) is 0. The van der Waals surface area contributed by atoms with Crippen molar-refractivity contribution in [2.75, 3.05) is 5.73 Å². The smallest absolute Gasteiger partial charge is 0.115 e. The molecular formula is C6H9N3. The zero-order valence-corrected chi connectivity index (χ0v) is 5.33. The van der Waals surface area contributed by atoms with Crippen LogP contribution in [0.4, 0.5) is 5.69 Å². The topological polar surface area (TPSA) is 51.8 Å². The molecule has 1 heterocycles. The van der Waals surface area contributed by atoms with E-state index >= 15 is 0 Å². The van der Waals surface area contributed by atoms with Crippen LogP contribution in [-0.4, -0.2) is 9.97 Å². The molecule has 2 N–H and O–H groups in total. The van der Waals surface area contributed by atoms with E-state index in [0.717, 1.165) is 12.1 Å². The highest BCUT2D eigenvalue weighted by Crippen LogP contribution is 2.03. The number of anilines is 1. The molecule has 0 aliphatic carbocycles. The van der Waals surface area contributed by atoms with E-state index in [2.05, 4.69) is 9.97 Å². The van der Waals surface area contributed by atoms with Crippen molar-refractivity contribution in [1.82, 2.24) is 9.97 Å². The molecule has 1 aromatic rings. The fraction of sp³-hybridized carbons (Fsp3) is 0.333. The van der Waals surface area contributed by atoms with Gasteiger partial charge in [0.2, 0.25) is 0 Å². The highest BCUT2D eigenvalue weighted by atomic mass is 14.9. The van der Waals surface area contributed by atoms with Crippen molar-refractivity contribution in [2.24, 2.45) is 0 Å². The second kappa shape index (κ2) is 2.44. The molecule has 0 saturated carbocycles. The molecule has 0 atom stereocenters. The summed E-state index contributed by atoms with van der Waals surface area (Å²) < 4.78 is 0. The molecule has 0 bridgehead atoms. The number of nitrogens with two attached hydrogens (primary N) is 1. The van der Waals surface area contributed by atoms with E-state index < -0.39 is 0 Å². The highest BCUT2D eigenvalue weighted by Gasteiger charge is 1.93. The number of nitrogen functional groups attached to an aromatic ring is 1. The second-order valence-corrected chi connectivity index (χ2v) is 1.78. The number of aryl methyl sites for hydroxylation is 1. The zero-order chi connectivity index (χ0) is 6.69. The van der Waals surface area contributed by atoms with E-state index in [4.69, 9.17) is 5.73 Å². The fourth-order valence-electron chi connectivity index (χ4n) is 0.661. The Balaban J connectivity index is 3.01. The quantitative estimate of drug-likeness (QED) is 0.595. The van der Waals surface area contributed by atoms with E-state index in [1.54, 1.807) is 6.20 Å². The molecule has 0 fully saturated rings. The van der Waals surface area contributed by atoms with Crippen molar-refractivity contribution in [1.29, 1.82) is 0 Å². The predicted molar refractivity (Wildman–Crippen MR) is 35.8 cm³/mol. The van der Waals surface area contributed by atoms with Gasteiger partial charge in [0.25, 0.3) is 0 Å². The van der Waals surface area contributed by atoms with Crippen LogP contribution in [0.2, 0.25) is 0 Å². The molecule has 0 saturated heterocycles. The molecule has 1 aromatic heterocycles. The van der Waals surface area contributed by atoms with Gasteiger partial charge < -0.3 is 5.73 Å². The molecule has 0 aliphatic heterocycles. The highest BCUT2D eigenvalue weighted by molar-refractivity contribution is 5.39. The number of nitrogens with zero attached hydrogens (tertiary/aromatic N) is 2. The molecule has 9 heavy (non-hydrogen) atoms. The van der Waals surface area contributed by atoms with Crippen LogP contribution >= 0.6 is 0 Å². The monoisotopic (exact) mass is 123 g/mol. The summed E-state index contributed by atoms with van der Waals surface area (Å²) in [7, 11) is 0. The third kappa shape index (κ3) is 1.16. The van der Waals surface area contributed by atoms with Gasteiger partial charge in [-0.15, -0.1) is 0 Å². The van der Waals surface area contributed by atoms with Gasteiger partial charge in [0.05, 0.1) is 17.6 Å². The van der Waals surface area contributed by atoms with Crippen LogP contribution in [-0.2, 0) is 6.42 Å². The maximum atomic E-state index is 5.51. The Hall–Kier alpha value is -1.12. The molecule has 0 amide bonds. The lowest BCUT2D eigenvalue weighted by molar-refractivity contribution is 1.00. The molecule has 3 heteroatoms. The summed E-state index contributed by atoms with van der Waals surface area (Å²) in [6.45, 7) is 2.01. The zero-order valence-electron chi connectivity index (χ0n) is 5.33. The number of rotatable bonds is 1. The summed E-state index contributed by atoms with van der Waals surface area (Å²) in [5.41, 5.74) is 7.11. The Bertz CT molecular complexity index is 197. The minimum atomic E-state index is 0.681. The lowest BCUT2D eigenvalue weighted by atomic mass is 10.3. The molecular weight excluding hydrogens is 114 g/mol. The van der Waals surface area contributed by atoms with Crippen LogP contribution in [0.25, 0.3) is 0 Å².